The molecule has 0 aliphatic carbocycles. The normalized spacial score (nSPS) is 12.3. The Labute approximate surface area is 147 Å². The molecule has 0 saturated carbocycles. The van der Waals surface area contributed by atoms with Crippen molar-refractivity contribution in [2.45, 2.75) is 77.4 Å². The average Bonchev–Trinajstić information content (AvgIpc) is 2.48. The van der Waals surface area contributed by atoms with E-state index in [1.807, 2.05) is 12.1 Å². The maximum Gasteiger partial charge on any atom is 0.155 e. The molecule has 0 radical (unpaired) electrons. The Bertz CT molecular complexity index is 607. The van der Waals surface area contributed by atoms with E-state index >= 15 is 0 Å². The van der Waals surface area contributed by atoms with E-state index in [1.165, 1.54) is 5.56 Å². The summed E-state index contributed by atoms with van der Waals surface area (Å²) in [7, 11) is -3.04. The van der Waals surface area contributed by atoms with E-state index in [-0.39, 0.29) is 11.5 Å². The van der Waals surface area contributed by atoms with Crippen molar-refractivity contribution >= 4 is 15.6 Å². The Morgan fingerprint density at radius 1 is 0.958 bits per heavy atom. The zero-order chi connectivity index (χ0) is 18.2. The van der Waals surface area contributed by atoms with Crippen LogP contribution in [0.25, 0.3) is 0 Å². The van der Waals surface area contributed by atoms with Gasteiger partial charge in [0.05, 0.1) is 10.5 Å². The lowest BCUT2D eigenvalue weighted by Gasteiger charge is -2.18. The van der Waals surface area contributed by atoms with Gasteiger partial charge in [-0.1, -0.05) is 44.0 Å². The van der Waals surface area contributed by atoms with Crippen LogP contribution in [-0.2, 0) is 27.5 Å². The molecule has 0 aromatic heterocycles. The van der Waals surface area contributed by atoms with Gasteiger partial charge in [-0.15, -0.1) is 0 Å². The van der Waals surface area contributed by atoms with Gasteiger partial charge in [-0.2, -0.15) is 0 Å². The van der Waals surface area contributed by atoms with Gasteiger partial charge in [0, 0.05) is 12.8 Å². The number of hydrogen-bond acceptors (Lipinski definition) is 3. The van der Waals surface area contributed by atoms with Crippen molar-refractivity contribution in [1.29, 1.82) is 0 Å². The average molecular weight is 353 g/mol. The first-order valence-electron chi connectivity index (χ1n) is 8.97. The van der Waals surface area contributed by atoms with Crippen LogP contribution in [0.1, 0.15) is 70.9 Å². The van der Waals surface area contributed by atoms with Crippen molar-refractivity contribution in [2.75, 3.05) is 5.75 Å². The lowest BCUT2D eigenvalue weighted by atomic mass is 10.0. The first kappa shape index (κ1) is 20.9. The summed E-state index contributed by atoms with van der Waals surface area (Å²) in [5.41, 5.74) is 2.38. The monoisotopic (exact) mass is 352 g/mol. The van der Waals surface area contributed by atoms with Crippen LogP contribution in [-0.4, -0.2) is 24.7 Å². The highest BCUT2D eigenvalue weighted by molar-refractivity contribution is 7.92. The minimum Gasteiger partial charge on any atom is -0.299 e. The van der Waals surface area contributed by atoms with Gasteiger partial charge < -0.3 is 0 Å². The predicted molar refractivity (Wildman–Crippen MR) is 101 cm³/mol. The Morgan fingerprint density at radius 3 is 2.08 bits per heavy atom. The molecule has 1 rings (SSSR count). The van der Waals surface area contributed by atoms with Crippen LogP contribution in [0.15, 0.2) is 24.3 Å². The van der Waals surface area contributed by atoms with E-state index in [9.17, 15) is 13.2 Å². The number of sulfone groups is 1. The Balaban J connectivity index is 2.27. The molecule has 4 heteroatoms. The minimum atomic E-state index is -3.04. The van der Waals surface area contributed by atoms with E-state index in [0.29, 0.717) is 19.3 Å². The molecule has 0 amide bonds. The summed E-state index contributed by atoms with van der Waals surface area (Å²) in [5, 5.41) is 0. The molecule has 0 aliphatic heterocycles. The standard InChI is InChI=1S/C20H32O3S/c1-5-9-17-11-13-18(14-12-17)16-19(21)10-7-6-8-15-24(22,23)20(2,3)4/h11-14H,5-10,15-16H2,1-4H3. The molecule has 24 heavy (non-hydrogen) atoms. The lowest BCUT2D eigenvalue weighted by molar-refractivity contribution is -0.118. The van der Waals surface area contributed by atoms with Crippen LogP contribution in [0.3, 0.4) is 0 Å². The molecule has 0 N–H and O–H groups in total. The molecular weight excluding hydrogens is 320 g/mol. The summed E-state index contributed by atoms with van der Waals surface area (Å²) in [4.78, 5) is 12.0. The zero-order valence-electron chi connectivity index (χ0n) is 15.6. The quantitative estimate of drug-likeness (QED) is 0.582. The molecule has 0 unspecified atom stereocenters. The summed E-state index contributed by atoms with van der Waals surface area (Å²) in [6.45, 7) is 7.36. The molecular formula is C20H32O3S. The van der Waals surface area contributed by atoms with E-state index in [0.717, 1.165) is 31.2 Å². The fourth-order valence-electron chi connectivity index (χ4n) is 2.53. The highest BCUT2D eigenvalue weighted by Gasteiger charge is 2.27. The van der Waals surface area contributed by atoms with E-state index in [1.54, 1.807) is 20.8 Å². The molecule has 0 fully saturated rings. The van der Waals surface area contributed by atoms with Gasteiger partial charge in [-0.05, 0) is 51.2 Å². The van der Waals surface area contributed by atoms with Crippen molar-refractivity contribution in [3.63, 3.8) is 0 Å². The third-order valence-electron chi connectivity index (χ3n) is 4.26. The number of unbranched alkanes of at least 4 members (excludes halogenated alkanes) is 2. The summed E-state index contributed by atoms with van der Waals surface area (Å²) < 4.78 is 23.3. The number of benzene rings is 1. The number of rotatable bonds is 10. The SMILES string of the molecule is CCCc1ccc(CC(=O)CCCCCS(=O)(=O)C(C)(C)C)cc1. The molecule has 3 nitrogen and oxygen atoms in total. The maximum atomic E-state index is 12.0. The Morgan fingerprint density at radius 2 is 1.54 bits per heavy atom. The predicted octanol–water partition coefficient (Wildman–Crippen LogP) is 4.52. The van der Waals surface area contributed by atoms with Crippen LogP contribution in [0.2, 0.25) is 0 Å². The van der Waals surface area contributed by atoms with Crippen molar-refractivity contribution in [1.82, 2.24) is 0 Å². The fourth-order valence-corrected chi connectivity index (χ4v) is 3.72. The van der Waals surface area contributed by atoms with Gasteiger partial charge in [0.1, 0.15) is 5.78 Å². The van der Waals surface area contributed by atoms with E-state index < -0.39 is 14.6 Å². The number of hydrogen-bond donors (Lipinski definition) is 0. The van der Waals surface area contributed by atoms with Crippen LogP contribution >= 0.6 is 0 Å². The molecule has 136 valence electrons. The van der Waals surface area contributed by atoms with Crippen LogP contribution in [0.4, 0.5) is 0 Å². The van der Waals surface area contributed by atoms with Crippen LogP contribution in [0.5, 0.6) is 0 Å². The number of carbonyl (C=O) groups is 1. The third kappa shape index (κ3) is 7.16. The molecule has 1 aromatic carbocycles. The molecule has 0 spiro atoms. The molecule has 0 saturated heterocycles. The summed E-state index contributed by atoms with van der Waals surface area (Å²) in [5.74, 6) is 0.445. The fraction of sp³-hybridized carbons (Fsp3) is 0.650. The number of aryl methyl sites for hydroxylation is 1. The first-order valence-corrected chi connectivity index (χ1v) is 10.6. The second-order valence-electron chi connectivity index (χ2n) is 7.52. The van der Waals surface area contributed by atoms with Crippen LogP contribution < -0.4 is 0 Å². The van der Waals surface area contributed by atoms with Crippen molar-refractivity contribution in [2.24, 2.45) is 0 Å². The van der Waals surface area contributed by atoms with Crippen molar-refractivity contribution in [3.05, 3.63) is 35.4 Å². The summed E-state index contributed by atoms with van der Waals surface area (Å²) in [6, 6.07) is 8.28. The van der Waals surface area contributed by atoms with Gasteiger partial charge in [0.2, 0.25) is 0 Å². The topological polar surface area (TPSA) is 51.2 Å². The summed E-state index contributed by atoms with van der Waals surface area (Å²) in [6.07, 6.45) is 5.41. The largest absolute Gasteiger partial charge is 0.299 e. The van der Waals surface area contributed by atoms with Crippen LogP contribution in [0, 0.1) is 0 Å². The number of Topliss-reactive ketones (excluding diaryl/α,β-unsaturated/α-hetero) is 1. The van der Waals surface area contributed by atoms with E-state index in [4.69, 9.17) is 0 Å². The van der Waals surface area contributed by atoms with Crippen molar-refractivity contribution in [3.8, 4) is 0 Å². The van der Waals surface area contributed by atoms with Gasteiger partial charge in [0.15, 0.2) is 9.84 Å². The zero-order valence-corrected chi connectivity index (χ0v) is 16.4. The molecule has 0 bridgehead atoms. The Kier molecular flexibility index (Phi) is 8.14. The highest BCUT2D eigenvalue weighted by atomic mass is 32.2. The smallest absolute Gasteiger partial charge is 0.155 e. The van der Waals surface area contributed by atoms with E-state index in [2.05, 4.69) is 19.1 Å². The lowest BCUT2D eigenvalue weighted by Crippen LogP contribution is -2.30. The van der Waals surface area contributed by atoms with Gasteiger partial charge in [-0.3, -0.25) is 4.79 Å². The first-order chi connectivity index (χ1) is 11.2. The van der Waals surface area contributed by atoms with Gasteiger partial charge in [-0.25, -0.2) is 8.42 Å². The molecule has 1 aromatic rings. The third-order valence-corrected chi connectivity index (χ3v) is 6.96. The molecule has 0 heterocycles. The van der Waals surface area contributed by atoms with Crippen molar-refractivity contribution < 1.29 is 13.2 Å². The van der Waals surface area contributed by atoms with Gasteiger partial charge in [0.25, 0.3) is 0 Å². The number of carbonyl (C=O) groups excluding carboxylic acids is 1. The number of ketones is 1. The van der Waals surface area contributed by atoms with Gasteiger partial charge >= 0.3 is 0 Å². The maximum absolute atomic E-state index is 12.0. The summed E-state index contributed by atoms with van der Waals surface area (Å²) >= 11 is 0. The highest BCUT2D eigenvalue weighted by Crippen LogP contribution is 2.18. The molecule has 0 atom stereocenters. The minimum absolute atomic E-state index is 0.212. The second-order valence-corrected chi connectivity index (χ2v) is 10.4. The Hall–Kier alpha value is -1.16. The molecule has 0 aliphatic rings. The second kappa shape index (κ2) is 9.36.